The fourth-order valence-corrected chi connectivity index (χ4v) is 8.31. The van der Waals surface area contributed by atoms with Crippen LogP contribution in [-0.2, 0) is 28.7 Å². The Morgan fingerprint density at radius 2 is 0.925 bits per heavy atom. The molecule has 14 nitrogen and oxygen atoms in total. The number of hydrogen-bond donors (Lipinski definition) is 1. The molecule has 444 valence electrons. The van der Waals surface area contributed by atoms with Crippen molar-refractivity contribution in [2.24, 2.45) is 5.92 Å². The van der Waals surface area contributed by atoms with Gasteiger partial charge in [-0.15, -0.1) is 0 Å². The van der Waals surface area contributed by atoms with Crippen LogP contribution in [0.2, 0.25) is 0 Å². The fourth-order valence-electron chi connectivity index (χ4n) is 8.31. The van der Waals surface area contributed by atoms with Crippen molar-refractivity contribution in [3.8, 4) is 40.2 Å². The smallest absolute Gasteiger partial charge is 0.336 e. The Labute approximate surface area is 478 Å². The highest BCUT2D eigenvalue weighted by atomic mass is 16.6. The standard InChI is InChI=1S/C66H96O14/c1-8-14-18-25-47-74-62-52(32-40-56(64(62)76-49-27-20-16-10-3)57(31-23-22-24-44-67)80-66(71)51(7)12-5)34-42-60(69)78-54-36-38-55(39-37-54)79-61(70)43-35-53-33-41-58(72-45-29-30-46-73-59(68)13-6)65(77-50-28-21-17-11-4)63(53)75-48-26-19-15-9-2/h13,32-43,51,57,67H,6,8-12,14-31,44-50H2,1-5,7H3/b42-34+,43-35+. The Morgan fingerprint density at radius 1 is 0.487 bits per heavy atom. The molecule has 0 aliphatic heterocycles. The van der Waals surface area contributed by atoms with Crippen molar-refractivity contribution in [2.45, 2.75) is 195 Å². The molecule has 3 rings (SSSR count). The molecule has 0 amide bonds. The number of ether oxygens (including phenoxy) is 9. The van der Waals surface area contributed by atoms with Gasteiger partial charge in [-0.3, -0.25) is 4.79 Å². The predicted octanol–water partition coefficient (Wildman–Crippen LogP) is 15.8. The van der Waals surface area contributed by atoms with E-state index >= 15 is 0 Å². The van der Waals surface area contributed by atoms with Gasteiger partial charge in [-0.1, -0.05) is 144 Å². The Kier molecular flexibility index (Phi) is 36.2. The van der Waals surface area contributed by atoms with Crippen molar-refractivity contribution in [1.82, 2.24) is 0 Å². The third-order valence-corrected chi connectivity index (χ3v) is 13.3. The summed E-state index contributed by atoms with van der Waals surface area (Å²) in [6.45, 7) is 18.4. The maximum atomic E-state index is 13.4. The van der Waals surface area contributed by atoms with Crippen molar-refractivity contribution in [1.29, 1.82) is 0 Å². The van der Waals surface area contributed by atoms with Crippen molar-refractivity contribution in [2.75, 3.05) is 46.2 Å². The first-order chi connectivity index (χ1) is 39.0. The molecule has 2 unspecified atom stereocenters. The van der Waals surface area contributed by atoms with Crippen LogP contribution in [0.25, 0.3) is 12.2 Å². The summed E-state index contributed by atoms with van der Waals surface area (Å²) in [7, 11) is 0. The first-order valence-electron chi connectivity index (χ1n) is 30.0. The molecular formula is C66H96O14. The molecule has 0 radical (unpaired) electrons. The van der Waals surface area contributed by atoms with E-state index in [0.717, 1.165) is 122 Å². The number of hydrogen-bond acceptors (Lipinski definition) is 14. The van der Waals surface area contributed by atoms with Crippen molar-refractivity contribution < 1.29 is 66.9 Å². The first-order valence-corrected chi connectivity index (χ1v) is 30.0. The lowest BCUT2D eigenvalue weighted by molar-refractivity contribution is -0.154. The van der Waals surface area contributed by atoms with Gasteiger partial charge in [0.15, 0.2) is 23.0 Å². The van der Waals surface area contributed by atoms with Crippen LogP contribution in [-0.4, -0.2) is 75.2 Å². The van der Waals surface area contributed by atoms with Gasteiger partial charge >= 0.3 is 23.9 Å². The van der Waals surface area contributed by atoms with E-state index in [9.17, 15) is 24.3 Å². The molecule has 0 aromatic heterocycles. The lowest BCUT2D eigenvalue weighted by Crippen LogP contribution is -2.19. The van der Waals surface area contributed by atoms with Gasteiger partial charge in [0.2, 0.25) is 5.75 Å². The van der Waals surface area contributed by atoms with Gasteiger partial charge in [-0.25, -0.2) is 14.4 Å². The maximum Gasteiger partial charge on any atom is 0.336 e. The van der Waals surface area contributed by atoms with Gasteiger partial charge in [0, 0.05) is 41.5 Å². The normalized spacial score (nSPS) is 12.0. The van der Waals surface area contributed by atoms with Crippen LogP contribution in [0.4, 0.5) is 0 Å². The van der Waals surface area contributed by atoms with E-state index in [1.54, 1.807) is 42.5 Å². The average molecular weight is 1110 g/mol. The monoisotopic (exact) mass is 1110 g/mol. The summed E-state index contributed by atoms with van der Waals surface area (Å²) in [5.41, 5.74) is 1.92. The van der Waals surface area contributed by atoms with E-state index in [-0.39, 0.29) is 36.6 Å². The minimum absolute atomic E-state index is 0.0914. The number of aliphatic hydroxyl groups excluding tert-OH is 1. The molecule has 0 saturated heterocycles. The second kappa shape index (κ2) is 42.6. The zero-order valence-corrected chi connectivity index (χ0v) is 49.3. The third kappa shape index (κ3) is 27.3. The number of benzene rings is 3. The molecule has 0 aliphatic rings. The second-order valence-electron chi connectivity index (χ2n) is 20.1. The quantitative estimate of drug-likeness (QED) is 0.0245. The molecule has 0 spiro atoms. The molecule has 2 atom stereocenters. The number of unbranched alkanes of at least 4 members (excludes halogenated alkanes) is 15. The summed E-state index contributed by atoms with van der Waals surface area (Å²) in [6.07, 6.45) is 27.1. The molecule has 14 heteroatoms. The summed E-state index contributed by atoms with van der Waals surface area (Å²) < 4.78 is 54.9. The minimum atomic E-state index is -0.641. The molecule has 0 heterocycles. The molecule has 0 bridgehead atoms. The van der Waals surface area contributed by atoms with E-state index in [0.29, 0.717) is 111 Å². The third-order valence-electron chi connectivity index (χ3n) is 13.3. The summed E-state index contributed by atoms with van der Waals surface area (Å²) in [6, 6.07) is 13.6. The van der Waals surface area contributed by atoms with Crippen LogP contribution in [0.5, 0.6) is 40.2 Å². The van der Waals surface area contributed by atoms with Gasteiger partial charge in [-0.05, 0) is 113 Å². The molecule has 1 N–H and O–H groups in total. The average Bonchev–Trinajstić information content (AvgIpc) is 3.48. The minimum Gasteiger partial charge on any atom is -0.490 e. The van der Waals surface area contributed by atoms with Crippen LogP contribution >= 0.6 is 0 Å². The highest BCUT2D eigenvalue weighted by Crippen LogP contribution is 2.44. The van der Waals surface area contributed by atoms with E-state index in [4.69, 9.17) is 42.6 Å². The van der Waals surface area contributed by atoms with Crippen LogP contribution in [0.1, 0.15) is 212 Å². The number of rotatable bonds is 46. The molecule has 80 heavy (non-hydrogen) atoms. The van der Waals surface area contributed by atoms with Gasteiger partial charge in [0.1, 0.15) is 17.6 Å². The lowest BCUT2D eigenvalue weighted by atomic mass is 9.98. The number of esters is 4. The zero-order valence-electron chi connectivity index (χ0n) is 49.3. The van der Waals surface area contributed by atoms with Crippen molar-refractivity contribution >= 4 is 36.0 Å². The van der Waals surface area contributed by atoms with Crippen LogP contribution < -0.4 is 33.2 Å². The SMILES string of the molecule is C=CC(=O)OCCCCOc1ccc(/C=C/C(=O)Oc2ccc(OC(=O)/C=C/c3ccc(C(CCCCCO)OC(=O)C(C)CC)c(OCCCCCC)c3OCCCCCC)cc2)c(OCCCCCC)c1OCCCCCC. The zero-order chi connectivity index (χ0) is 58.0. The van der Waals surface area contributed by atoms with E-state index in [1.807, 2.05) is 32.0 Å². The van der Waals surface area contributed by atoms with Crippen LogP contribution in [0, 0.1) is 5.92 Å². The summed E-state index contributed by atoms with van der Waals surface area (Å²) >= 11 is 0. The molecule has 3 aromatic rings. The largest absolute Gasteiger partial charge is 0.490 e. The lowest BCUT2D eigenvalue weighted by Gasteiger charge is -2.25. The van der Waals surface area contributed by atoms with Crippen molar-refractivity contribution in [3.05, 3.63) is 90.0 Å². The fraction of sp³-hybridized carbons (Fsp3) is 0.576. The topological polar surface area (TPSA) is 172 Å². The summed E-state index contributed by atoms with van der Waals surface area (Å²) in [4.78, 5) is 51.5. The van der Waals surface area contributed by atoms with Crippen LogP contribution in [0.15, 0.2) is 73.3 Å². The van der Waals surface area contributed by atoms with E-state index in [2.05, 4.69) is 34.3 Å². The van der Waals surface area contributed by atoms with E-state index in [1.165, 1.54) is 12.2 Å². The molecule has 0 aliphatic carbocycles. The number of carbonyl (C=O) groups is 4. The first kappa shape index (κ1) is 68.0. The Bertz CT molecular complexity index is 2280. The Morgan fingerprint density at radius 3 is 1.41 bits per heavy atom. The second-order valence-corrected chi connectivity index (χ2v) is 20.1. The number of carbonyl (C=O) groups excluding carboxylic acids is 4. The highest BCUT2D eigenvalue weighted by Gasteiger charge is 2.27. The molecule has 0 saturated carbocycles. The summed E-state index contributed by atoms with van der Waals surface area (Å²) in [5.74, 6) is 0.599. The maximum absolute atomic E-state index is 13.4. The van der Waals surface area contributed by atoms with Gasteiger partial charge in [0.05, 0.1) is 45.6 Å². The van der Waals surface area contributed by atoms with Gasteiger partial charge in [0.25, 0.3) is 0 Å². The molecule has 0 fully saturated rings. The van der Waals surface area contributed by atoms with Crippen LogP contribution in [0.3, 0.4) is 0 Å². The van der Waals surface area contributed by atoms with Gasteiger partial charge in [-0.2, -0.15) is 0 Å². The summed E-state index contributed by atoms with van der Waals surface area (Å²) in [5, 5.41) is 9.49. The van der Waals surface area contributed by atoms with E-state index < -0.39 is 24.0 Å². The Balaban J connectivity index is 1.87. The molecule has 3 aromatic carbocycles. The highest BCUT2D eigenvalue weighted by molar-refractivity contribution is 5.90. The predicted molar refractivity (Wildman–Crippen MR) is 317 cm³/mol. The van der Waals surface area contributed by atoms with Gasteiger partial charge < -0.3 is 47.7 Å². The number of aliphatic hydroxyl groups is 1. The van der Waals surface area contributed by atoms with Crippen molar-refractivity contribution in [3.63, 3.8) is 0 Å². The molecular weight excluding hydrogens is 1020 g/mol. The Hall–Kier alpha value is -6.28.